The number of benzene rings is 1. The molecule has 0 aliphatic carbocycles. The molecule has 2 N–H and O–H groups in total. The summed E-state index contributed by atoms with van der Waals surface area (Å²) < 4.78 is 5.35. The van der Waals surface area contributed by atoms with E-state index in [1.807, 2.05) is 20.8 Å². The van der Waals surface area contributed by atoms with Crippen molar-refractivity contribution in [1.82, 2.24) is 10.6 Å². The second kappa shape index (κ2) is 8.14. The second-order valence-electron chi connectivity index (χ2n) is 4.90. The summed E-state index contributed by atoms with van der Waals surface area (Å²) in [4.78, 5) is 24.7. The lowest BCUT2D eigenvalue weighted by molar-refractivity contribution is -0.122. The number of nitrogens with one attached hydrogen (secondary N) is 2. The molecule has 0 aliphatic heterocycles. The summed E-state index contributed by atoms with van der Waals surface area (Å²) in [6.07, 6.45) is 0. The normalized spacial score (nSPS) is 10.1. The number of hydrogen-bond donors (Lipinski definition) is 2. The Morgan fingerprint density at radius 2 is 1.86 bits per heavy atom. The maximum atomic E-state index is 11.9. The number of carbonyl (C=O) groups is 2. The fourth-order valence-corrected chi connectivity index (χ4v) is 1.62. The molecule has 6 nitrogen and oxygen atoms in total. The van der Waals surface area contributed by atoms with Crippen molar-refractivity contribution in [2.45, 2.75) is 26.8 Å². The Bertz CT molecular complexity index is 472. The zero-order valence-electron chi connectivity index (χ0n) is 13.0. The molecular weight excluding hydrogens is 270 g/mol. The number of hydrogen-bond acceptors (Lipinski definition) is 3. The second-order valence-corrected chi connectivity index (χ2v) is 4.90. The van der Waals surface area contributed by atoms with Gasteiger partial charge in [0.1, 0.15) is 5.75 Å². The van der Waals surface area contributed by atoms with Gasteiger partial charge in [0.25, 0.3) is 5.91 Å². The highest BCUT2D eigenvalue weighted by atomic mass is 16.5. The summed E-state index contributed by atoms with van der Waals surface area (Å²) in [5, 5.41) is 5.47. The highest BCUT2D eigenvalue weighted by molar-refractivity contribution is 5.91. The van der Waals surface area contributed by atoms with Gasteiger partial charge < -0.3 is 15.4 Å². The van der Waals surface area contributed by atoms with Crippen LogP contribution in [0, 0.1) is 0 Å². The molecule has 0 saturated carbocycles. The van der Waals surface area contributed by atoms with Crippen molar-refractivity contribution in [2.75, 3.05) is 25.1 Å². The van der Waals surface area contributed by atoms with Crippen LogP contribution in [0.1, 0.15) is 20.8 Å². The number of likely N-dealkylation sites (N-methyl/N-ethyl adjacent to an activating group) is 1. The number of rotatable bonds is 6. The molecular formula is C15H23N3O3. The predicted molar refractivity (Wildman–Crippen MR) is 82.7 cm³/mol. The van der Waals surface area contributed by atoms with Gasteiger partial charge in [0.2, 0.25) is 0 Å². The van der Waals surface area contributed by atoms with Crippen LogP contribution in [-0.2, 0) is 4.79 Å². The van der Waals surface area contributed by atoms with E-state index in [2.05, 4.69) is 10.6 Å². The third-order valence-electron chi connectivity index (χ3n) is 2.68. The zero-order valence-corrected chi connectivity index (χ0v) is 13.0. The fraction of sp³-hybridized carbons (Fsp3) is 0.467. The first-order valence-corrected chi connectivity index (χ1v) is 6.97. The number of nitrogens with zero attached hydrogens (tertiary/aromatic N) is 1. The number of amides is 3. The summed E-state index contributed by atoms with van der Waals surface area (Å²) >= 11 is 0. The van der Waals surface area contributed by atoms with E-state index in [0.29, 0.717) is 12.3 Å². The third-order valence-corrected chi connectivity index (χ3v) is 2.68. The van der Waals surface area contributed by atoms with Gasteiger partial charge in [0, 0.05) is 25.3 Å². The Labute approximate surface area is 125 Å². The highest BCUT2D eigenvalue weighted by Gasteiger charge is 2.11. The lowest BCUT2D eigenvalue weighted by Crippen LogP contribution is -2.40. The zero-order chi connectivity index (χ0) is 15.8. The van der Waals surface area contributed by atoms with Crippen molar-refractivity contribution in [1.29, 1.82) is 0 Å². The number of anilines is 1. The Hall–Kier alpha value is -2.24. The quantitative estimate of drug-likeness (QED) is 0.839. The van der Waals surface area contributed by atoms with Crippen LogP contribution in [0.5, 0.6) is 5.75 Å². The van der Waals surface area contributed by atoms with E-state index in [-0.39, 0.29) is 24.6 Å². The van der Waals surface area contributed by atoms with Crippen molar-refractivity contribution < 1.29 is 14.3 Å². The van der Waals surface area contributed by atoms with E-state index in [1.54, 1.807) is 31.3 Å². The van der Waals surface area contributed by atoms with Gasteiger partial charge in [-0.25, -0.2) is 4.79 Å². The smallest absolute Gasteiger partial charge is 0.321 e. The van der Waals surface area contributed by atoms with Crippen molar-refractivity contribution in [3.8, 4) is 5.75 Å². The van der Waals surface area contributed by atoms with E-state index in [9.17, 15) is 9.59 Å². The van der Waals surface area contributed by atoms with Crippen LogP contribution in [0.15, 0.2) is 24.3 Å². The van der Waals surface area contributed by atoms with Crippen LogP contribution in [0.25, 0.3) is 0 Å². The number of urea groups is 1. The molecule has 0 bridgehead atoms. The monoisotopic (exact) mass is 293 g/mol. The van der Waals surface area contributed by atoms with Crippen LogP contribution in [0.3, 0.4) is 0 Å². The van der Waals surface area contributed by atoms with Gasteiger partial charge in [-0.3, -0.25) is 9.69 Å². The molecule has 0 spiro atoms. The van der Waals surface area contributed by atoms with Crippen LogP contribution < -0.4 is 20.3 Å². The van der Waals surface area contributed by atoms with Crippen LogP contribution in [0.4, 0.5) is 10.5 Å². The van der Waals surface area contributed by atoms with Crippen LogP contribution in [-0.4, -0.2) is 38.2 Å². The number of ether oxygens (including phenoxy) is 1. The maximum absolute atomic E-state index is 11.9. The van der Waals surface area contributed by atoms with E-state index in [0.717, 1.165) is 5.69 Å². The molecule has 6 heteroatoms. The molecule has 0 radical (unpaired) electrons. The van der Waals surface area contributed by atoms with E-state index in [1.165, 1.54) is 4.90 Å². The van der Waals surface area contributed by atoms with Gasteiger partial charge in [-0.05, 0) is 45.0 Å². The summed E-state index contributed by atoms with van der Waals surface area (Å²) in [5.74, 6) is 0.428. The first kappa shape index (κ1) is 16.8. The Morgan fingerprint density at radius 3 is 2.38 bits per heavy atom. The average Bonchev–Trinajstić information content (AvgIpc) is 2.44. The lowest BCUT2D eigenvalue weighted by Gasteiger charge is -2.20. The van der Waals surface area contributed by atoms with Crippen LogP contribution in [0.2, 0.25) is 0 Å². The van der Waals surface area contributed by atoms with E-state index in [4.69, 9.17) is 4.74 Å². The Morgan fingerprint density at radius 1 is 1.24 bits per heavy atom. The molecule has 21 heavy (non-hydrogen) atoms. The maximum Gasteiger partial charge on any atom is 0.321 e. The van der Waals surface area contributed by atoms with E-state index >= 15 is 0 Å². The van der Waals surface area contributed by atoms with Gasteiger partial charge in [0.05, 0.1) is 0 Å². The molecule has 0 heterocycles. The van der Waals surface area contributed by atoms with Gasteiger partial charge >= 0.3 is 6.03 Å². The standard InChI is InChI=1S/C15H23N3O3/c1-5-16-14(19)10-21-13-8-6-12(7-9-13)18(4)15(20)17-11(2)3/h6-9,11H,5,10H2,1-4H3,(H,16,19)(H,17,20). The topological polar surface area (TPSA) is 70.7 Å². The van der Waals surface area contributed by atoms with Crippen molar-refractivity contribution >= 4 is 17.6 Å². The van der Waals surface area contributed by atoms with Gasteiger partial charge in [-0.2, -0.15) is 0 Å². The molecule has 0 fully saturated rings. The van der Waals surface area contributed by atoms with Crippen molar-refractivity contribution in [2.24, 2.45) is 0 Å². The minimum Gasteiger partial charge on any atom is -0.484 e. The fourth-order valence-electron chi connectivity index (χ4n) is 1.62. The minimum atomic E-state index is -0.166. The largest absolute Gasteiger partial charge is 0.484 e. The minimum absolute atomic E-state index is 0.0170. The summed E-state index contributed by atoms with van der Waals surface area (Å²) in [6.45, 7) is 6.23. The molecule has 1 rings (SSSR count). The molecule has 0 aliphatic rings. The van der Waals surface area contributed by atoms with E-state index < -0.39 is 0 Å². The van der Waals surface area contributed by atoms with Gasteiger partial charge in [-0.15, -0.1) is 0 Å². The third kappa shape index (κ3) is 5.72. The van der Waals surface area contributed by atoms with Gasteiger partial charge in [0.15, 0.2) is 6.61 Å². The van der Waals surface area contributed by atoms with Crippen molar-refractivity contribution in [3.63, 3.8) is 0 Å². The van der Waals surface area contributed by atoms with Crippen LogP contribution >= 0.6 is 0 Å². The van der Waals surface area contributed by atoms with Gasteiger partial charge in [-0.1, -0.05) is 0 Å². The summed E-state index contributed by atoms with van der Waals surface area (Å²) in [5.41, 5.74) is 0.749. The first-order valence-electron chi connectivity index (χ1n) is 6.97. The summed E-state index contributed by atoms with van der Waals surface area (Å²) in [6, 6.07) is 6.92. The molecule has 0 atom stereocenters. The lowest BCUT2D eigenvalue weighted by atomic mass is 10.3. The molecule has 1 aromatic carbocycles. The molecule has 0 saturated heterocycles. The van der Waals surface area contributed by atoms with Crippen molar-refractivity contribution in [3.05, 3.63) is 24.3 Å². The Kier molecular flexibility index (Phi) is 6.52. The first-order chi connectivity index (χ1) is 9.93. The highest BCUT2D eigenvalue weighted by Crippen LogP contribution is 2.18. The molecule has 0 unspecified atom stereocenters. The molecule has 0 aromatic heterocycles. The molecule has 116 valence electrons. The summed E-state index contributed by atoms with van der Waals surface area (Å²) in [7, 11) is 1.70. The SMILES string of the molecule is CCNC(=O)COc1ccc(N(C)C(=O)NC(C)C)cc1. The molecule has 3 amide bonds. The number of carbonyl (C=O) groups excluding carboxylic acids is 2. The molecule has 1 aromatic rings. The average molecular weight is 293 g/mol. The predicted octanol–water partition coefficient (Wildman–Crippen LogP) is 1.76. The Balaban J connectivity index is 2.57.